The van der Waals surface area contributed by atoms with Gasteiger partial charge in [-0.25, -0.2) is 13.4 Å². The molecule has 4 heterocycles. The first-order chi connectivity index (χ1) is 13.8. The predicted octanol–water partition coefficient (Wildman–Crippen LogP) is 0.850. The van der Waals surface area contributed by atoms with Crippen molar-refractivity contribution in [2.45, 2.75) is 38.3 Å². The van der Waals surface area contributed by atoms with Crippen molar-refractivity contribution in [3.8, 4) is 0 Å². The first-order valence-electron chi connectivity index (χ1n) is 9.63. The number of fused-ring (bicyclic) bond motifs is 1. The van der Waals surface area contributed by atoms with Crippen LogP contribution in [0.1, 0.15) is 52.9 Å². The van der Waals surface area contributed by atoms with E-state index in [2.05, 4.69) is 15.0 Å². The summed E-state index contributed by atoms with van der Waals surface area (Å²) in [5.74, 6) is 0.210. The van der Waals surface area contributed by atoms with Gasteiger partial charge in [0.1, 0.15) is 11.5 Å². The third-order valence-corrected chi connectivity index (χ3v) is 6.74. The van der Waals surface area contributed by atoms with Gasteiger partial charge in [-0.1, -0.05) is 6.07 Å². The molecule has 0 bridgehead atoms. The van der Waals surface area contributed by atoms with Crippen molar-refractivity contribution in [2.75, 3.05) is 19.3 Å². The zero-order valence-electron chi connectivity index (χ0n) is 16.2. The normalized spacial score (nSPS) is 20.3. The molecule has 1 unspecified atom stereocenters. The largest absolute Gasteiger partial charge is 0.327 e. The number of likely N-dealkylation sites (tertiary alicyclic amines) is 1. The number of hydrogen-bond donors (Lipinski definition) is 1. The number of nitrogens with one attached hydrogen (secondary N) is 1. The molecule has 2 aromatic rings. The van der Waals surface area contributed by atoms with E-state index in [0.29, 0.717) is 42.2 Å². The van der Waals surface area contributed by atoms with Crippen LogP contribution in [0.2, 0.25) is 0 Å². The summed E-state index contributed by atoms with van der Waals surface area (Å²) in [5.41, 5.74) is 1.08. The third-order valence-electron chi connectivity index (χ3n) is 5.49. The summed E-state index contributed by atoms with van der Waals surface area (Å²) in [7, 11) is -3.37. The maximum absolute atomic E-state index is 13.0. The van der Waals surface area contributed by atoms with Crippen molar-refractivity contribution in [3.05, 3.63) is 57.5 Å². The minimum Gasteiger partial charge on any atom is -0.327 e. The Hall–Kier alpha value is -2.59. The van der Waals surface area contributed by atoms with Crippen LogP contribution in [0, 0.1) is 0 Å². The first kappa shape index (κ1) is 19.7. The van der Waals surface area contributed by atoms with Crippen molar-refractivity contribution in [1.29, 1.82) is 0 Å². The highest BCUT2D eigenvalue weighted by Gasteiger charge is 2.33. The molecule has 0 spiro atoms. The molecule has 1 saturated heterocycles. The number of carbonyl (C=O) groups excluding carboxylic acids is 1. The van der Waals surface area contributed by atoms with Crippen molar-refractivity contribution in [1.82, 2.24) is 24.2 Å². The fraction of sp³-hybridized carbons (Fsp3) is 0.474. The van der Waals surface area contributed by atoms with Gasteiger partial charge in [0.15, 0.2) is 0 Å². The van der Waals surface area contributed by atoms with Gasteiger partial charge in [-0.3, -0.25) is 14.6 Å². The second-order valence-corrected chi connectivity index (χ2v) is 9.43. The number of hydrogen-bond acceptors (Lipinski definition) is 6. The molecule has 2 aromatic heterocycles. The second-order valence-electron chi connectivity index (χ2n) is 7.45. The maximum atomic E-state index is 13.0. The molecule has 29 heavy (non-hydrogen) atoms. The van der Waals surface area contributed by atoms with E-state index in [9.17, 15) is 18.0 Å². The Kier molecular flexibility index (Phi) is 5.22. The fourth-order valence-electron chi connectivity index (χ4n) is 3.97. The van der Waals surface area contributed by atoms with Crippen molar-refractivity contribution in [2.24, 2.45) is 0 Å². The lowest BCUT2D eigenvalue weighted by molar-refractivity contribution is 0.0592. The number of carbonyl (C=O) groups is 1. The molecular formula is C19H23N5O4S. The molecule has 0 aromatic carbocycles. The number of aromatic amines is 1. The summed E-state index contributed by atoms with van der Waals surface area (Å²) >= 11 is 0. The predicted molar refractivity (Wildman–Crippen MR) is 106 cm³/mol. The molecule has 1 fully saturated rings. The molecule has 0 radical (unpaired) electrons. The lowest BCUT2D eigenvalue weighted by Crippen LogP contribution is -2.42. The molecule has 4 rings (SSSR count). The Bertz CT molecular complexity index is 1080. The van der Waals surface area contributed by atoms with E-state index in [1.165, 1.54) is 4.31 Å². The van der Waals surface area contributed by atoms with E-state index < -0.39 is 10.0 Å². The summed E-state index contributed by atoms with van der Waals surface area (Å²) < 4.78 is 25.2. The summed E-state index contributed by atoms with van der Waals surface area (Å²) in [6.07, 6.45) is 5.51. The van der Waals surface area contributed by atoms with E-state index in [1.54, 1.807) is 29.3 Å². The molecule has 1 N–H and O–H groups in total. The average Bonchev–Trinajstić information content (AvgIpc) is 2.73. The monoisotopic (exact) mass is 417 g/mol. The van der Waals surface area contributed by atoms with Crippen molar-refractivity contribution < 1.29 is 13.2 Å². The van der Waals surface area contributed by atoms with Crippen LogP contribution in [0.5, 0.6) is 0 Å². The molecule has 154 valence electrons. The van der Waals surface area contributed by atoms with E-state index >= 15 is 0 Å². The Balaban J connectivity index is 1.69. The van der Waals surface area contributed by atoms with Crippen molar-refractivity contribution >= 4 is 15.9 Å². The minimum absolute atomic E-state index is 0.0754. The van der Waals surface area contributed by atoms with E-state index in [1.807, 2.05) is 0 Å². The summed E-state index contributed by atoms with van der Waals surface area (Å²) in [5, 5.41) is 0. The number of pyridine rings is 1. The van der Waals surface area contributed by atoms with Crippen LogP contribution in [0.3, 0.4) is 0 Å². The summed E-state index contributed by atoms with van der Waals surface area (Å²) in [4.78, 5) is 39.0. The van der Waals surface area contributed by atoms with Gasteiger partial charge in [0.2, 0.25) is 10.0 Å². The Labute approximate surface area is 168 Å². The number of amides is 1. The number of aromatic nitrogens is 3. The van der Waals surface area contributed by atoms with Crippen LogP contribution >= 0.6 is 0 Å². The highest BCUT2D eigenvalue weighted by molar-refractivity contribution is 7.88. The summed E-state index contributed by atoms with van der Waals surface area (Å²) in [6, 6.07) is 4.81. The Morgan fingerprint density at radius 2 is 2.07 bits per heavy atom. The van der Waals surface area contributed by atoms with Crippen LogP contribution in [0.4, 0.5) is 0 Å². The van der Waals surface area contributed by atoms with Crippen LogP contribution in [0.15, 0.2) is 29.2 Å². The fourth-order valence-corrected chi connectivity index (χ4v) is 4.75. The number of nitrogens with zero attached hydrogens (tertiary/aromatic N) is 4. The lowest BCUT2D eigenvalue weighted by atomic mass is 10.00. The summed E-state index contributed by atoms with van der Waals surface area (Å²) in [6.45, 7) is 0.895. The molecule has 1 atom stereocenters. The number of sulfonamides is 1. The Morgan fingerprint density at radius 3 is 2.79 bits per heavy atom. The van der Waals surface area contributed by atoms with Gasteiger partial charge < -0.3 is 9.88 Å². The molecule has 10 heteroatoms. The molecule has 1 amide bonds. The quantitative estimate of drug-likeness (QED) is 0.791. The maximum Gasteiger partial charge on any atom is 0.273 e. The zero-order chi connectivity index (χ0) is 20.6. The smallest absolute Gasteiger partial charge is 0.273 e. The number of rotatable bonds is 3. The van der Waals surface area contributed by atoms with Crippen LogP contribution < -0.4 is 5.56 Å². The van der Waals surface area contributed by atoms with Crippen LogP contribution in [0.25, 0.3) is 0 Å². The van der Waals surface area contributed by atoms with Gasteiger partial charge in [-0.2, -0.15) is 4.31 Å². The second kappa shape index (κ2) is 7.68. The average molecular weight is 417 g/mol. The van der Waals surface area contributed by atoms with E-state index in [-0.39, 0.29) is 30.6 Å². The molecule has 9 nitrogen and oxygen atoms in total. The standard InChI is InChI=1S/C19H23N5O4S/c1-29(27,28)23-11-8-13-15(12-23)21-17(22-18(13)25)16-7-3-5-10-24(16)19(26)14-6-2-4-9-20-14/h2,4,6,9,16H,3,5,7-8,10-12H2,1H3,(H,21,22,25). The SMILES string of the molecule is CS(=O)(=O)N1CCc2c(nc(C3CCCCN3C(=O)c3ccccn3)[nH]c2=O)C1. The van der Waals surface area contributed by atoms with Gasteiger partial charge >= 0.3 is 0 Å². The van der Waals surface area contributed by atoms with Gasteiger partial charge in [0.25, 0.3) is 11.5 Å². The van der Waals surface area contributed by atoms with Crippen LogP contribution in [-0.4, -0.2) is 57.8 Å². The van der Waals surface area contributed by atoms with Gasteiger partial charge in [-0.15, -0.1) is 0 Å². The third kappa shape index (κ3) is 3.95. The van der Waals surface area contributed by atoms with Crippen molar-refractivity contribution in [3.63, 3.8) is 0 Å². The molecule has 2 aliphatic heterocycles. The van der Waals surface area contributed by atoms with Gasteiger partial charge in [0, 0.05) is 24.8 Å². The number of H-pyrrole nitrogens is 1. The van der Waals surface area contributed by atoms with Gasteiger partial charge in [-0.05, 0) is 37.8 Å². The number of piperidine rings is 1. The highest BCUT2D eigenvalue weighted by atomic mass is 32.2. The first-order valence-corrected chi connectivity index (χ1v) is 11.5. The van der Waals surface area contributed by atoms with E-state index in [0.717, 1.165) is 19.1 Å². The molecule has 0 aliphatic carbocycles. The van der Waals surface area contributed by atoms with E-state index in [4.69, 9.17) is 0 Å². The molecule has 2 aliphatic rings. The lowest BCUT2D eigenvalue weighted by Gasteiger charge is -2.35. The minimum atomic E-state index is -3.37. The highest BCUT2D eigenvalue weighted by Crippen LogP contribution is 2.30. The topological polar surface area (TPSA) is 116 Å². The zero-order valence-corrected chi connectivity index (χ0v) is 17.0. The Morgan fingerprint density at radius 1 is 1.24 bits per heavy atom. The molecule has 0 saturated carbocycles. The van der Waals surface area contributed by atoms with Crippen LogP contribution in [-0.2, 0) is 23.0 Å². The molecular weight excluding hydrogens is 394 g/mol. The van der Waals surface area contributed by atoms with Gasteiger partial charge in [0.05, 0.1) is 24.5 Å².